The second-order valence-electron chi connectivity index (χ2n) is 7.97. The Labute approximate surface area is 205 Å². The van der Waals surface area contributed by atoms with E-state index in [1.165, 1.54) is 4.90 Å². The van der Waals surface area contributed by atoms with Gasteiger partial charge >= 0.3 is 0 Å². The van der Waals surface area contributed by atoms with Crippen molar-refractivity contribution >= 4 is 43.5 Å². The van der Waals surface area contributed by atoms with Crippen molar-refractivity contribution in [3.05, 3.63) is 64.1 Å². The number of halogens is 1. The van der Waals surface area contributed by atoms with E-state index in [0.29, 0.717) is 18.7 Å². The number of aryl methyl sites for hydroxylation is 1. The zero-order valence-electron chi connectivity index (χ0n) is 19.5. The second-order valence-corrected chi connectivity index (χ2v) is 10.8. The van der Waals surface area contributed by atoms with Crippen LogP contribution >= 0.6 is 15.9 Å². The van der Waals surface area contributed by atoms with E-state index in [1.54, 1.807) is 24.3 Å². The molecule has 1 N–H and O–H groups in total. The van der Waals surface area contributed by atoms with Crippen LogP contribution in [-0.2, 0) is 26.2 Å². The van der Waals surface area contributed by atoms with Gasteiger partial charge in [0.1, 0.15) is 12.6 Å². The predicted octanol–water partition coefficient (Wildman–Crippen LogP) is 3.86. The third-order valence-corrected chi connectivity index (χ3v) is 6.83. The number of nitrogens with one attached hydrogen (secondary N) is 1. The number of rotatable bonds is 11. The lowest BCUT2D eigenvalue weighted by atomic mass is 10.1. The average molecular weight is 539 g/mol. The van der Waals surface area contributed by atoms with Crippen LogP contribution in [0.15, 0.2) is 53.0 Å². The first-order valence-electron chi connectivity index (χ1n) is 10.9. The summed E-state index contributed by atoms with van der Waals surface area (Å²) in [5, 5.41) is 2.87. The van der Waals surface area contributed by atoms with Crippen LogP contribution in [0.1, 0.15) is 37.8 Å². The Morgan fingerprint density at radius 3 is 2.30 bits per heavy atom. The molecule has 0 aliphatic carbocycles. The average Bonchev–Trinajstić information content (AvgIpc) is 2.75. The molecule has 1 unspecified atom stereocenters. The molecule has 0 bridgehead atoms. The second kappa shape index (κ2) is 12.2. The Bertz CT molecular complexity index is 1060. The fourth-order valence-electron chi connectivity index (χ4n) is 3.51. The highest BCUT2D eigenvalue weighted by molar-refractivity contribution is 9.10. The first-order valence-corrected chi connectivity index (χ1v) is 13.6. The van der Waals surface area contributed by atoms with Gasteiger partial charge in [0.2, 0.25) is 21.8 Å². The van der Waals surface area contributed by atoms with Gasteiger partial charge in [0.25, 0.3) is 0 Å². The maximum Gasteiger partial charge on any atom is 0.244 e. The first-order chi connectivity index (χ1) is 15.6. The molecule has 0 fully saturated rings. The summed E-state index contributed by atoms with van der Waals surface area (Å²) in [6.07, 6.45) is 2.25. The number of benzene rings is 2. The lowest BCUT2D eigenvalue weighted by Gasteiger charge is -2.33. The summed E-state index contributed by atoms with van der Waals surface area (Å²) in [5.41, 5.74) is 2.30. The lowest BCUT2D eigenvalue weighted by Crippen LogP contribution is -2.52. The normalized spacial score (nSPS) is 12.2. The van der Waals surface area contributed by atoms with Gasteiger partial charge < -0.3 is 10.2 Å². The van der Waals surface area contributed by atoms with Crippen molar-refractivity contribution in [3.8, 4) is 0 Å². The van der Waals surface area contributed by atoms with Crippen molar-refractivity contribution in [2.24, 2.45) is 0 Å². The summed E-state index contributed by atoms with van der Waals surface area (Å²) in [4.78, 5) is 27.9. The fraction of sp³-hybridized carbons (Fsp3) is 0.417. The maximum atomic E-state index is 13.5. The molecular weight excluding hydrogens is 506 g/mol. The van der Waals surface area contributed by atoms with Crippen molar-refractivity contribution in [1.82, 2.24) is 10.2 Å². The zero-order valence-corrected chi connectivity index (χ0v) is 21.9. The molecule has 180 valence electrons. The summed E-state index contributed by atoms with van der Waals surface area (Å²) in [6.45, 7) is 6.07. The van der Waals surface area contributed by atoms with Gasteiger partial charge in [-0.15, -0.1) is 0 Å². The largest absolute Gasteiger partial charge is 0.354 e. The van der Waals surface area contributed by atoms with Gasteiger partial charge in [-0.05, 0) is 49.6 Å². The van der Waals surface area contributed by atoms with Crippen LogP contribution in [0.2, 0.25) is 0 Å². The SMILES string of the molecule is CCCNC(=O)C(CC)N(Cc1cccc(C)c1)C(=O)CN(c1ccc(Br)cc1)S(C)(=O)=O. The molecule has 2 amide bonds. The van der Waals surface area contributed by atoms with Gasteiger partial charge in [-0.3, -0.25) is 13.9 Å². The van der Waals surface area contributed by atoms with E-state index >= 15 is 0 Å². The van der Waals surface area contributed by atoms with Crippen molar-refractivity contribution in [3.63, 3.8) is 0 Å². The lowest BCUT2D eigenvalue weighted by molar-refractivity contribution is -0.140. The number of hydrogen-bond donors (Lipinski definition) is 1. The number of sulfonamides is 1. The molecule has 7 nitrogen and oxygen atoms in total. The van der Waals surface area contributed by atoms with Gasteiger partial charge in [-0.25, -0.2) is 8.42 Å². The standard InChI is InChI=1S/C24H32BrN3O4S/c1-5-14-26-24(30)22(6-2)27(16-19-9-7-8-18(3)15-19)23(29)17-28(33(4,31)32)21-12-10-20(25)11-13-21/h7-13,15,22H,5-6,14,16-17H2,1-4H3,(H,26,30). The van der Waals surface area contributed by atoms with Crippen LogP contribution in [0.4, 0.5) is 5.69 Å². The Morgan fingerprint density at radius 2 is 1.76 bits per heavy atom. The number of anilines is 1. The molecule has 0 aliphatic heterocycles. The summed E-state index contributed by atoms with van der Waals surface area (Å²) in [6, 6.07) is 13.7. The molecule has 0 spiro atoms. The van der Waals surface area contributed by atoms with Crippen LogP contribution in [0.5, 0.6) is 0 Å². The van der Waals surface area contributed by atoms with E-state index in [1.807, 2.05) is 45.0 Å². The van der Waals surface area contributed by atoms with E-state index < -0.39 is 28.5 Å². The van der Waals surface area contributed by atoms with Crippen molar-refractivity contribution in [1.29, 1.82) is 0 Å². The highest BCUT2D eigenvalue weighted by atomic mass is 79.9. The molecule has 33 heavy (non-hydrogen) atoms. The minimum Gasteiger partial charge on any atom is -0.354 e. The molecule has 2 aromatic rings. The highest BCUT2D eigenvalue weighted by Crippen LogP contribution is 2.22. The van der Waals surface area contributed by atoms with E-state index in [9.17, 15) is 18.0 Å². The molecule has 2 rings (SSSR count). The number of carbonyl (C=O) groups is 2. The maximum absolute atomic E-state index is 13.5. The molecule has 0 aliphatic rings. The molecular formula is C24H32BrN3O4S. The van der Waals surface area contributed by atoms with Gasteiger partial charge in [0.05, 0.1) is 11.9 Å². The Balaban J connectivity index is 2.41. The molecule has 0 saturated carbocycles. The summed E-state index contributed by atoms with van der Waals surface area (Å²) in [7, 11) is -3.74. The van der Waals surface area contributed by atoms with E-state index in [0.717, 1.165) is 32.6 Å². The van der Waals surface area contributed by atoms with Crippen molar-refractivity contribution < 1.29 is 18.0 Å². The molecule has 0 heterocycles. The van der Waals surface area contributed by atoms with Crippen molar-refractivity contribution in [2.75, 3.05) is 23.7 Å². The van der Waals surface area contributed by atoms with Crippen LogP contribution in [0, 0.1) is 6.92 Å². The smallest absolute Gasteiger partial charge is 0.244 e. The Hall–Kier alpha value is -2.39. The number of nitrogens with zero attached hydrogens (tertiary/aromatic N) is 2. The number of hydrogen-bond acceptors (Lipinski definition) is 4. The van der Waals surface area contributed by atoms with Crippen LogP contribution in [0.3, 0.4) is 0 Å². The van der Waals surface area contributed by atoms with Gasteiger partial charge in [-0.1, -0.05) is 59.6 Å². The molecule has 2 aromatic carbocycles. The van der Waals surface area contributed by atoms with E-state index in [4.69, 9.17) is 0 Å². The molecule has 9 heteroatoms. The molecule has 0 radical (unpaired) electrons. The topological polar surface area (TPSA) is 86.8 Å². The summed E-state index contributed by atoms with van der Waals surface area (Å²) in [5.74, 6) is -0.682. The third kappa shape index (κ3) is 7.85. The monoisotopic (exact) mass is 537 g/mol. The Kier molecular flexibility index (Phi) is 9.91. The van der Waals surface area contributed by atoms with Crippen LogP contribution in [0.25, 0.3) is 0 Å². The predicted molar refractivity (Wildman–Crippen MR) is 135 cm³/mol. The molecule has 0 saturated heterocycles. The molecule has 0 aromatic heterocycles. The quantitative estimate of drug-likeness (QED) is 0.471. The van der Waals surface area contributed by atoms with Crippen LogP contribution in [-0.4, -0.2) is 50.5 Å². The number of amides is 2. The first kappa shape index (κ1) is 26.9. The summed E-state index contributed by atoms with van der Waals surface area (Å²) < 4.78 is 27.0. The fourth-order valence-corrected chi connectivity index (χ4v) is 4.63. The number of carbonyl (C=O) groups excluding carboxylic acids is 2. The zero-order chi connectivity index (χ0) is 24.6. The Morgan fingerprint density at radius 1 is 1.09 bits per heavy atom. The van der Waals surface area contributed by atoms with E-state index in [-0.39, 0.29) is 12.5 Å². The van der Waals surface area contributed by atoms with E-state index in [2.05, 4.69) is 21.2 Å². The van der Waals surface area contributed by atoms with Gasteiger partial charge in [-0.2, -0.15) is 0 Å². The van der Waals surface area contributed by atoms with Crippen molar-refractivity contribution in [2.45, 2.75) is 46.2 Å². The minimum atomic E-state index is -3.74. The van der Waals surface area contributed by atoms with Gasteiger partial charge in [0.15, 0.2) is 0 Å². The molecule has 1 atom stereocenters. The van der Waals surface area contributed by atoms with Gasteiger partial charge in [0, 0.05) is 17.6 Å². The minimum absolute atomic E-state index is 0.205. The highest BCUT2D eigenvalue weighted by Gasteiger charge is 2.31. The van der Waals surface area contributed by atoms with Crippen LogP contribution < -0.4 is 9.62 Å². The summed E-state index contributed by atoms with van der Waals surface area (Å²) >= 11 is 3.34. The third-order valence-electron chi connectivity index (χ3n) is 5.16.